The van der Waals surface area contributed by atoms with Crippen molar-refractivity contribution in [3.05, 3.63) is 51.8 Å². The van der Waals surface area contributed by atoms with Crippen LogP contribution in [0.1, 0.15) is 30.6 Å². The minimum Gasteiger partial charge on any atom is -0.450 e. The second-order valence-corrected chi connectivity index (χ2v) is 5.81. The molecular weight excluding hydrogens is 390 g/mol. The van der Waals surface area contributed by atoms with E-state index in [-0.39, 0.29) is 11.4 Å². The Morgan fingerprint density at radius 3 is 2.76 bits per heavy atom. The lowest BCUT2D eigenvalue weighted by Gasteiger charge is -2.07. The number of furan rings is 1. The molecule has 0 aliphatic rings. The Balaban J connectivity index is 2.17. The number of hydrogen-bond acceptors (Lipinski definition) is 6. The summed E-state index contributed by atoms with van der Waals surface area (Å²) in [7, 11) is 1.60. The van der Waals surface area contributed by atoms with Gasteiger partial charge in [-0.3, -0.25) is 9.59 Å². The number of nitrogens with one attached hydrogen (secondary N) is 2. The molecule has 2 aromatic rings. The third-order valence-corrected chi connectivity index (χ3v) is 3.65. The van der Waals surface area contributed by atoms with E-state index in [9.17, 15) is 9.59 Å². The molecule has 0 spiro atoms. The van der Waals surface area contributed by atoms with E-state index in [4.69, 9.17) is 8.83 Å². The number of oxazole rings is 1. The van der Waals surface area contributed by atoms with E-state index in [0.717, 1.165) is 6.42 Å². The summed E-state index contributed by atoms with van der Waals surface area (Å²) in [5.41, 5.74) is 0.843. The predicted molar refractivity (Wildman–Crippen MR) is 96.1 cm³/mol. The Labute approximate surface area is 153 Å². The first-order valence-electron chi connectivity index (χ1n) is 7.62. The van der Waals surface area contributed by atoms with Crippen LogP contribution < -0.4 is 10.6 Å². The largest absolute Gasteiger partial charge is 0.450 e. The van der Waals surface area contributed by atoms with Crippen molar-refractivity contribution in [3.63, 3.8) is 0 Å². The van der Waals surface area contributed by atoms with Crippen LogP contribution >= 0.6 is 15.9 Å². The number of carbonyl (C=O) groups excluding carboxylic acids is 2. The number of nitrogens with zero attached hydrogens (tertiary/aromatic N) is 1. The molecule has 0 atom stereocenters. The summed E-state index contributed by atoms with van der Waals surface area (Å²) in [5.74, 6) is 0.680. The Bertz CT molecular complexity index is 804. The van der Waals surface area contributed by atoms with Crippen LogP contribution in [-0.2, 0) is 16.0 Å². The number of aldehydes is 1. The molecular formula is C17H18BrN3O4. The van der Waals surface area contributed by atoms with Gasteiger partial charge in [0.2, 0.25) is 0 Å². The van der Waals surface area contributed by atoms with Gasteiger partial charge in [0.25, 0.3) is 5.91 Å². The molecule has 0 saturated heterocycles. The van der Waals surface area contributed by atoms with Gasteiger partial charge in [-0.15, -0.1) is 0 Å². The standard InChI is InChI=1S/C17H18BrN3O4/c1-3-4-15-13(20-10-24-15)7-11(9-22)21-17(23)14(19-2)8-12-5-6-16(18)25-12/h5-10,19H,3-4H2,1-2H3,(H,21,23)/b11-7-,14-8-. The van der Waals surface area contributed by atoms with E-state index in [1.165, 1.54) is 18.5 Å². The third-order valence-electron chi connectivity index (χ3n) is 3.22. The minimum atomic E-state index is -0.478. The van der Waals surface area contributed by atoms with Crippen molar-refractivity contribution in [3.8, 4) is 0 Å². The van der Waals surface area contributed by atoms with Crippen molar-refractivity contribution in [2.75, 3.05) is 7.05 Å². The number of carbonyl (C=O) groups is 2. The molecule has 132 valence electrons. The Hall–Kier alpha value is -2.61. The van der Waals surface area contributed by atoms with E-state index in [1.54, 1.807) is 19.2 Å². The van der Waals surface area contributed by atoms with Gasteiger partial charge in [-0.2, -0.15) is 0 Å². The fourth-order valence-electron chi connectivity index (χ4n) is 2.06. The molecule has 0 aliphatic carbocycles. The maximum Gasteiger partial charge on any atom is 0.271 e. The van der Waals surface area contributed by atoms with Gasteiger partial charge in [0.1, 0.15) is 22.9 Å². The molecule has 0 unspecified atom stereocenters. The first kappa shape index (κ1) is 18.7. The molecule has 0 aromatic carbocycles. The van der Waals surface area contributed by atoms with Gasteiger partial charge in [0.05, 0.1) is 5.70 Å². The van der Waals surface area contributed by atoms with E-state index in [0.29, 0.717) is 34.6 Å². The second kappa shape index (κ2) is 9.03. The number of hydrogen-bond donors (Lipinski definition) is 2. The normalized spacial score (nSPS) is 12.1. The lowest BCUT2D eigenvalue weighted by atomic mass is 10.2. The molecule has 8 heteroatoms. The van der Waals surface area contributed by atoms with Crippen molar-refractivity contribution in [1.82, 2.24) is 15.6 Å². The van der Waals surface area contributed by atoms with Gasteiger partial charge < -0.3 is 19.5 Å². The molecule has 0 radical (unpaired) electrons. The second-order valence-electron chi connectivity index (χ2n) is 5.03. The maximum atomic E-state index is 12.4. The quantitative estimate of drug-likeness (QED) is 0.515. The minimum absolute atomic E-state index is 0.0815. The molecule has 1 amide bonds. The number of likely N-dealkylation sites (N-methyl/N-ethyl adjacent to an activating group) is 1. The predicted octanol–water partition coefficient (Wildman–Crippen LogP) is 2.90. The average Bonchev–Trinajstić information content (AvgIpc) is 3.21. The fraction of sp³-hybridized carbons (Fsp3) is 0.235. The van der Waals surface area contributed by atoms with Crippen LogP contribution in [0.5, 0.6) is 0 Å². The zero-order chi connectivity index (χ0) is 18.2. The van der Waals surface area contributed by atoms with E-state index in [2.05, 4.69) is 31.5 Å². The molecule has 0 bridgehead atoms. The highest BCUT2D eigenvalue weighted by Crippen LogP contribution is 2.16. The smallest absolute Gasteiger partial charge is 0.271 e. The number of allylic oxidation sites excluding steroid dienone is 1. The van der Waals surface area contributed by atoms with Crippen molar-refractivity contribution >= 4 is 40.3 Å². The summed E-state index contributed by atoms with van der Waals surface area (Å²) >= 11 is 3.20. The molecule has 0 aliphatic heterocycles. The van der Waals surface area contributed by atoms with Crippen LogP contribution in [0, 0.1) is 0 Å². The first-order chi connectivity index (χ1) is 12.1. The van der Waals surface area contributed by atoms with Crippen LogP contribution in [0.4, 0.5) is 0 Å². The summed E-state index contributed by atoms with van der Waals surface area (Å²) in [6.45, 7) is 2.01. The highest BCUT2D eigenvalue weighted by Gasteiger charge is 2.12. The number of aryl methyl sites for hydroxylation is 1. The molecule has 2 heterocycles. The summed E-state index contributed by atoms with van der Waals surface area (Å²) in [6.07, 6.45) is 6.45. The number of rotatable bonds is 8. The number of aromatic nitrogens is 1. The van der Waals surface area contributed by atoms with Gasteiger partial charge in [-0.1, -0.05) is 6.92 Å². The van der Waals surface area contributed by atoms with Crippen molar-refractivity contribution in [2.45, 2.75) is 19.8 Å². The highest BCUT2D eigenvalue weighted by atomic mass is 79.9. The van der Waals surface area contributed by atoms with Gasteiger partial charge in [-0.05, 0) is 40.6 Å². The summed E-state index contributed by atoms with van der Waals surface area (Å²) in [6, 6.07) is 3.42. The first-order valence-corrected chi connectivity index (χ1v) is 8.42. The van der Waals surface area contributed by atoms with Crippen LogP contribution in [0.2, 0.25) is 0 Å². The van der Waals surface area contributed by atoms with Crippen LogP contribution in [0.25, 0.3) is 12.2 Å². The van der Waals surface area contributed by atoms with Gasteiger partial charge in [0, 0.05) is 19.5 Å². The zero-order valence-electron chi connectivity index (χ0n) is 13.8. The molecule has 2 aromatic heterocycles. The molecule has 2 rings (SSSR count). The molecule has 7 nitrogen and oxygen atoms in total. The number of halogens is 1. The Morgan fingerprint density at radius 2 is 2.16 bits per heavy atom. The SMILES string of the molecule is CCCc1ocnc1/C=C(/C=O)NC(=O)/C(=C/c1ccc(Br)o1)NC. The van der Waals surface area contributed by atoms with Gasteiger partial charge in [0.15, 0.2) is 17.3 Å². The molecule has 25 heavy (non-hydrogen) atoms. The van der Waals surface area contributed by atoms with Gasteiger partial charge >= 0.3 is 0 Å². The van der Waals surface area contributed by atoms with Crippen LogP contribution in [0.3, 0.4) is 0 Å². The fourth-order valence-corrected chi connectivity index (χ4v) is 2.37. The Kier molecular flexibility index (Phi) is 6.76. The molecule has 0 saturated carbocycles. The summed E-state index contributed by atoms with van der Waals surface area (Å²) in [4.78, 5) is 27.7. The highest BCUT2D eigenvalue weighted by molar-refractivity contribution is 9.10. The van der Waals surface area contributed by atoms with Gasteiger partial charge in [-0.25, -0.2) is 4.98 Å². The lowest BCUT2D eigenvalue weighted by Crippen LogP contribution is -2.30. The average molecular weight is 408 g/mol. The van der Waals surface area contributed by atoms with E-state index >= 15 is 0 Å². The van der Waals surface area contributed by atoms with E-state index in [1.807, 2.05) is 6.92 Å². The summed E-state index contributed by atoms with van der Waals surface area (Å²) < 4.78 is 11.2. The van der Waals surface area contributed by atoms with Crippen molar-refractivity contribution in [2.24, 2.45) is 0 Å². The maximum absolute atomic E-state index is 12.4. The zero-order valence-corrected chi connectivity index (χ0v) is 15.4. The Morgan fingerprint density at radius 1 is 1.36 bits per heavy atom. The van der Waals surface area contributed by atoms with E-state index < -0.39 is 5.91 Å². The van der Waals surface area contributed by atoms with Crippen molar-refractivity contribution in [1.29, 1.82) is 0 Å². The lowest BCUT2D eigenvalue weighted by molar-refractivity contribution is -0.118. The molecule has 2 N–H and O–H groups in total. The molecule has 0 fully saturated rings. The summed E-state index contributed by atoms with van der Waals surface area (Å²) in [5, 5.41) is 5.32. The number of amides is 1. The third kappa shape index (κ3) is 5.18. The topological polar surface area (TPSA) is 97.4 Å². The monoisotopic (exact) mass is 407 g/mol. The van der Waals surface area contributed by atoms with Crippen molar-refractivity contribution < 1.29 is 18.4 Å². The van der Waals surface area contributed by atoms with Crippen LogP contribution in [0.15, 0.2) is 43.4 Å². The van der Waals surface area contributed by atoms with Crippen LogP contribution in [-0.4, -0.2) is 24.2 Å².